The van der Waals surface area contributed by atoms with Crippen molar-refractivity contribution in [1.82, 2.24) is 19.6 Å². The van der Waals surface area contributed by atoms with Crippen molar-refractivity contribution in [3.63, 3.8) is 0 Å². The topological polar surface area (TPSA) is 61.7 Å². The van der Waals surface area contributed by atoms with Gasteiger partial charge in [0.1, 0.15) is 0 Å². The van der Waals surface area contributed by atoms with Crippen LogP contribution in [0.2, 0.25) is 0 Å². The van der Waals surface area contributed by atoms with Crippen LogP contribution in [0.4, 0.5) is 0 Å². The fourth-order valence-electron chi connectivity index (χ4n) is 1.95. The SMILES string of the molecule is CCC(N)c1cnn(Cc2ccn(C(C)CC)n2)c1. The Morgan fingerprint density at radius 2 is 2.11 bits per heavy atom. The molecule has 104 valence electrons. The summed E-state index contributed by atoms with van der Waals surface area (Å²) in [5.74, 6) is 0. The average molecular weight is 261 g/mol. The van der Waals surface area contributed by atoms with Crippen molar-refractivity contribution >= 4 is 0 Å². The second-order valence-corrected chi connectivity index (χ2v) is 5.03. The van der Waals surface area contributed by atoms with Gasteiger partial charge in [0, 0.05) is 30.0 Å². The molecule has 2 heterocycles. The second-order valence-electron chi connectivity index (χ2n) is 5.03. The highest BCUT2D eigenvalue weighted by molar-refractivity contribution is 5.10. The smallest absolute Gasteiger partial charge is 0.0849 e. The van der Waals surface area contributed by atoms with Gasteiger partial charge in [-0.2, -0.15) is 10.2 Å². The predicted octanol–water partition coefficient (Wildman–Crippen LogP) is 2.51. The Bertz CT molecular complexity index is 467. The van der Waals surface area contributed by atoms with Crippen molar-refractivity contribution in [2.75, 3.05) is 0 Å². The molecule has 2 aromatic heterocycles. The summed E-state index contributed by atoms with van der Waals surface area (Å²) < 4.78 is 3.91. The molecule has 0 radical (unpaired) electrons. The quantitative estimate of drug-likeness (QED) is 0.869. The standard InChI is InChI=1S/C14H23N5/c1-4-11(3)19-7-6-13(17-19)10-18-9-12(8-16-18)14(15)5-2/h6-9,11,14H,4-5,10,15H2,1-3H3. The molecule has 19 heavy (non-hydrogen) atoms. The molecule has 2 aromatic rings. The van der Waals surface area contributed by atoms with Gasteiger partial charge in [0.25, 0.3) is 0 Å². The fraction of sp³-hybridized carbons (Fsp3) is 0.571. The van der Waals surface area contributed by atoms with Crippen LogP contribution in [-0.2, 0) is 6.54 Å². The molecule has 0 bridgehead atoms. The Morgan fingerprint density at radius 3 is 2.79 bits per heavy atom. The zero-order chi connectivity index (χ0) is 13.8. The Balaban J connectivity index is 2.04. The van der Waals surface area contributed by atoms with E-state index in [1.54, 1.807) is 0 Å². The predicted molar refractivity (Wildman–Crippen MR) is 75.8 cm³/mol. The Hall–Kier alpha value is -1.62. The zero-order valence-electron chi connectivity index (χ0n) is 12.0. The van der Waals surface area contributed by atoms with E-state index in [0.717, 1.165) is 24.1 Å². The van der Waals surface area contributed by atoms with Gasteiger partial charge in [-0.15, -0.1) is 0 Å². The number of hydrogen-bond acceptors (Lipinski definition) is 3. The summed E-state index contributed by atoms with van der Waals surface area (Å²) in [5.41, 5.74) is 8.10. The van der Waals surface area contributed by atoms with Crippen molar-refractivity contribution in [3.05, 3.63) is 35.9 Å². The summed E-state index contributed by atoms with van der Waals surface area (Å²) in [7, 11) is 0. The summed E-state index contributed by atoms with van der Waals surface area (Å²) in [6.45, 7) is 7.11. The van der Waals surface area contributed by atoms with E-state index in [1.807, 2.05) is 34.0 Å². The van der Waals surface area contributed by atoms with Crippen molar-refractivity contribution in [3.8, 4) is 0 Å². The maximum absolute atomic E-state index is 5.99. The van der Waals surface area contributed by atoms with Gasteiger partial charge in [0.15, 0.2) is 0 Å². The summed E-state index contributed by atoms with van der Waals surface area (Å²) in [6.07, 6.45) is 7.90. The minimum absolute atomic E-state index is 0.0754. The van der Waals surface area contributed by atoms with Crippen LogP contribution in [0.3, 0.4) is 0 Å². The van der Waals surface area contributed by atoms with Gasteiger partial charge in [-0.3, -0.25) is 9.36 Å². The number of nitrogens with zero attached hydrogens (tertiary/aromatic N) is 4. The van der Waals surface area contributed by atoms with Crippen LogP contribution in [0.5, 0.6) is 0 Å². The molecule has 0 saturated carbocycles. The lowest BCUT2D eigenvalue weighted by molar-refractivity contribution is 0.471. The summed E-state index contributed by atoms with van der Waals surface area (Å²) in [4.78, 5) is 0. The van der Waals surface area contributed by atoms with Gasteiger partial charge < -0.3 is 5.73 Å². The van der Waals surface area contributed by atoms with Gasteiger partial charge >= 0.3 is 0 Å². The summed E-state index contributed by atoms with van der Waals surface area (Å²) >= 11 is 0. The van der Waals surface area contributed by atoms with Gasteiger partial charge in [-0.1, -0.05) is 13.8 Å². The number of aromatic nitrogens is 4. The minimum atomic E-state index is 0.0754. The highest BCUT2D eigenvalue weighted by Gasteiger charge is 2.08. The second kappa shape index (κ2) is 6.02. The van der Waals surface area contributed by atoms with Crippen molar-refractivity contribution in [2.24, 2.45) is 5.73 Å². The van der Waals surface area contributed by atoms with Crippen LogP contribution in [0.15, 0.2) is 24.7 Å². The molecule has 2 atom stereocenters. The lowest BCUT2D eigenvalue weighted by Gasteiger charge is -2.08. The van der Waals surface area contributed by atoms with E-state index < -0.39 is 0 Å². The molecule has 5 heteroatoms. The van der Waals surface area contributed by atoms with Gasteiger partial charge in [0.2, 0.25) is 0 Å². The first-order valence-corrected chi connectivity index (χ1v) is 6.96. The van der Waals surface area contributed by atoms with Crippen LogP contribution in [-0.4, -0.2) is 19.6 Å². The fourth-order valence-corrected chi connectivity index (χ4v) is 1.95. The van der Waals surface area contributed by atoms with E-state index in [-0.39, 0.29) is 6.04 Å². The van der Waals surface area contributed by atoms with E-state index in [9.17, 15) is 0 Å². The molecule has 2 unspecified atom stereocenters. The lowest BCUT2D eigenvalue weighted by Crippen LogP contribution is -2.08. The number of nitrogens with two attached hydrogens (primary N) is 1. The normalized spacial score (nSPS) is 14.5. The maximum Gasteiger partial charge on any atom is 0.0849 e. The van der Waals surface area contributed by atoms with Crippen molar-refractivity contribution < 1.29 is 0 Å². The van der Waals surface area contributed by atoms with Crippen molar-refractivity contribution in [1.29, 1.82) is 0 Å². The highest BCUT2D eigenvalue weighted by atomic mass is 15.3. The molecular weight excluding hydrogens is 238 g/mol. The monoisotopic (exact) mass is 261 g/mol. The first-order chi connectivity index (χ1) is 9.13. The molecule has 0 saturated heterocycles. The first-order valence-electron chi connectivity index (χ1n) is 6.96. The number of hydrogen-bond donors (Lipinski definition) is 1. The molecule has 0 aromatic carbocycles. The van der Waals surface area contributed by atoms with Crippen LogP contribution >= 0.6 is 0 Å². The third-order valence-corrected chi connectivity index (χ3v) is 3.55. The molecule has 5 nitrogen and oxygen atoms in total. The van der Waals surface area contributed by atoms with Crippen molar-refractivity contribution in [2.45, 2.75) is 52.2 Å². The van der Waals surface area contributed by atoms with E-state index in [2.05, 4.69) is 31.0 Å². The van der Waals surface area contributed by atoms with Crippen LogP contribution in [0.25, 0.3) is 0 Å². The Kier molecular flexibility index (Phi) is 4.37. The molecule has 0 spiro atoms. The zero-order valence-corrected chi connectivity index (χ0v) is 12.0. The van der Waals surface area contributed by atoms with E-state index in [1.165, 1.54) is 0 Å². The Morgan fingerprint density at radius 1 is 1.32 bits per heavy atom. The molecule has 2 rings (SSSR count). The molecular formula is C14H23N5. The molecule has 0 amide bonds. The third-order valence-electron chi connectivity index (χ3n) is 3.55. The molecule has 2 N–H and O–H groups in total. The Labute approximate surface area is 114 Å². The van der Waals surface area contributed by atoms with Crippen LogP contribution in [0, 0.1) is 0 Å². The first kappa shape index (κ1) is 13.8. The van der Waals surface area contributed by atoms with E-state index in [4.69, 9.17) is 5.73 Å². The van der Waals surface area contributed by atoms with Gasteiger partial charge in [0.05, 0.1) is 18.4 Å². The summed E-state index contributed by atoms with van der Waals surface area (Å²) in [6, 6.07) is 2.56. The minimum Gasteiger partial charge on any atom is -0.324 e. The molecule has 0 aliphatic rings. The molecule has 0 aliphatic carbocycles. The van der Waals surface area contributed by atoms with Crippen LogP contribution in [0.1, 0.15) is 57.0 Å². The van der Waals surface area contributed by atoms with E-state index >= 15 is 0 Å². The lowest BCUT2D eigenvalue weighted by atomic mass is 10.1. The van der Waals surface area contributed by atoms with Crippen LogP contribution < -0.4 is 5.73 Å². The largest absolute Gasteiger partial charge is 0.324 e. The van der Waals surface area contributed by atoms with E-state index in [0.29, 0.717) is 12.6 Å². The maximum atomic E-state index is 5.99. The highest BCUT2D eigenvalue weighted by Crippen LogP contribution is 2.13. The van der Waals surface area contributed by atoms with Gasteiger partial charge in [-0.25, -0.2) is 0 Å². The number of rotatable bonds is 6. The third kappa shape index (κ3) is 3.23. The molecule has 0 fully saturated rings. The summed E-state index contributed by atoms with van der Waals surface area (Å²) in [5, 5.41) is 8.92. The average Bonchev–Trinajstić information content (AvgIpc) is 3.07. The van der Waals surface area contributed by atoms with Gasteiger partial charge in [-0.05, 0) is 25.8 Å². The molecule has 0 aliphatic heterocycles.